The van der Waals surface area contributed by atoms with E-state index >= 15 is 0 Å². The van der Waals surface area contributed by atoms with Crippen LogP contribution in [-0.4, -0.2) is 65.6 Å². The van der Waals surface area contributed by atoms with Gasteiger partial charge >= 0.3 is 0 Å². The second kappa shape index (κ2) is 11.6. The monoisotopic (exact) mass is 527 g/mol. The summed E-state index contributed by atoms with van der Waals surface area (Å²) in [6.07, 6.45) is 1.59. The van der Waals surface area contributed by atoms with Gasteiger partial charge in [-0.3, -0.25) is 14.6 Å². The summed E-state index contributed by atoms with van der Waals surface area (Å²) in [5.41, 5.74) is 1.20. The van der Waals surface area contributed by atoms with Crippen molar-refractivity contribution in [2.45, 2.75) is 18.6 Å². The van der Waals surface area contributed by atoms with Gasteiger partial charge in [0, 0.05) is 31.7 Å². The average molecular weight is 528 g/mol. The number of ether oxygens (including phenoxy) is 2. The molecule has 1 fully saturated rings. The van der Waals surface area contributed by atoms with Crippen LogP contribution in [-0.2, 0) is 16.1 Å². The van der Waals surface area contributed by atoms with Gasteiger partial charge in [-0.2, -0.15) is 0 Å². The van der Waals surface area contributed by atoms with Crippen molar-refractivity contribution < 1.29 is 23.5 Å². The molecule has 0 unspecified atom stereocenters. The highest BCUT2D eigenvalue weighted by molar-refractivity contribution is 5.97. The van der Waals surface area contributed by atoms with E-state index in [0.29, 0.717) is 24.4 Å². The predicted molar refractivity (Wildman–Crippen MR) is 146 cm³/mol. The largest absolute Gasteiger partial charge is 0.490 e. The Morgan fingerprint density at radius 1 is 1.05 bits per heavy atom. The van der Waals surface area contributed by atoms with Gasteiger partial charge in [0.15, 0.2) is 0 Å². The van der Waals surface area contributed by atoms with Crippen molar-refractivity contribution in [3.63, 3.8) is 0 Å². The maximum Gasteiger partial charge on any atom is 0.255 e. The van der Waals surface area contributed by atoms with Crippen LogP contribution in [0.3, 0.4) is 0 Å². The summed E-state index contributed by atoms with van der Waals surface area (Å²) < 4.78 is 25.6. The molecule has 1 aromatic heterocycles. The second-order valence-corrected chi connectivity index (χ2v) is 9.83. The number of aromatic nitrogens is 1. The SMILES string of the molecule is CN(Cc1ccccc1)C(=O)C[C@]1(COc2ccc(F)cc2)CN(C(=O)c2cnc3ccccc3c2)CCO1. The first-order valence-corrected chi connectivity index (χ1v) is 12.9. The summed E-state index contributed by atoms with van der Waals surface area (Å²) >= 11 is 0. The van der Waals surface area contributed by atoms with Gasteiger partial charge in [0.05, 0.1) is 30.7 Å². The fraction of sp³-hybridized carbons (Fsp3) is 0.258. The lowest BCUT2D eigenvalue weighted by Gasteiger charge is -2.42. The molecule has 1 aliphatic rings. The number of nitrogens with zero attached hydrogens (tertiary/aromatic N) is 3. The number of amides is 2. The van der Waals surface area contributed by atoms with E-state index in [4.69, 9.17) is 9.47 Å². The van der Waals surface area contributed by atoms with E-state index in [9.17, 15) is 14.0 Å². The Bertz CT molecular complexity index is 1450. The molecule has 0 radical (unpaired) electrons. The predicted octanol–water partition coefficient (Wildman–Crippen LogP) is 4.71. The van der Waals surface area contributed by atoms with Crippen molar-refractivity contribution in [2.24, 2.45) is 0 Å². The molecule has 1 atom stereocenters. The number of carbonyl (C=O) groups is 2. The molecule has 200 valence electrons. The summed E-state index contributed by atoms with van der Waals surface area (Å²) in [6, 6.07) is 24.8. The summed E-state index contributed by atoms with van der Waals surface area (Å²) in [6.45, 7) is 1.24. The van der Waals surface area contributed by atoms with Crippen molar-refractivity contribution in [1.29, 1.82) is 0 Å². The molecule has 39 heavy (non-hydrogen) atoms. The lowest BCUT2D eigenvalue weighted by molar-refractivity contribution is -0.152. The Labute approximate surface area is 226 Å². The molecule has 7 nitrogen and oxygen atoms in total. The number of rotatable bonds is 8. The van der Waals surface area contributed by atoms with E-state index in [-0.39, 0.29) is 43.8 Å². The maximum atomic E-state index is 13.6. The number of hydrogen-bond acceptors (Lipinski definition) is 5. The highest BCUT2D eigenvalue weighted by atomic mass is 19.1. The lowest BCUT2D eigenvalue weighted by Crippen LogP contribution is -2.58. The van der Waals surface area contributed by atoms with Crippen LogP contribution in [0.25, 0.3) is 10.9 Å². The molecule has 0 saturated carbocycles. The Morgan fingerprint density at radius 2 is 1.79 bits per heavy atom. The molecule has 0 spiro atoms. The van der Waals surface area contributed by atoms with Gasteiger partial charge < -0.3 is 19.3 Å². The second-order valence-electron chi connectivity index (χ2n) is 9.83. The van der Waals surface area contributed by atoms with Gasteiger partial charge in [-0.1, -0.05) is 48.5 Å². The first-order chi connectivity index (χ1) is 18.9. The Balaban J connectivity index is 1.36. The van der Waals surface area contributed by atoms with E-state index in [1.807, 2.05) is 60.7 Å². The first-order valence-electron chi connectivity index (χ1n) is 12.9. The standard InChI is InChI=1S/C31H30FN3O4/c1-34(20-23-7-3-2-4-8-23)29(36)18-31(22-38-27-13-11-26(32)12-14-27)21-35(15-16-39-31)30(37)25-17-24-9-5-6-10-28(24)33-19-25/h2-14,17,19H,15-16,18,20-22H2,1H3/t31-/m1/s1. The van der Waals surface area contributed by atoms with E-state index in [2.05, 4.69) is 4.98 Å². The zero-order valence-corrected chi connectivity index (χ0v) is 21.8. The minimum Gasteiger partial charge on any atom is -0.490 e. The smallest absolute Gasteiger partial charge is 0.255 e. The first kappa shape index (κ1) is 26.3. The van der Waals surface area contributed by atoms with Crippen LogP contribution in [0.5, 0.6) is 5.75 Å². The molecular formula is C31H30FN3O4. The molecule has 2 heterocycles. The third kappa shape index (κ3) is 6.41. The van der Waals surface area contributed by atoms with E-state index in [1.54, 1.807) is 23.0 Å². The molecule has 4 aromatic rings. The van der Waals surface area contributed by atoms with Gasteiger partial charge in [-0.05, 0) is 42.0 Å². The summed E-state index contributed by atoms with van der Waals surface area (Å²) in [5, 5.41) is 0.875. The molecule has 5 rings (SSSR count). The molecule has 0 aliphatic carbocycles. The third-order valence-electron chi connectivity index (χ3n) is 6.85. The zero-order chi connectivity index (χ0) is 27.2. The number of morpholine rings is 1. The third-order valence-corrected chi connectivity index (χ3v) is 6.85. The summed E-state index contributed by atoms with van der Waals surface area (Å²) in [5.74, 6) is -0.243. The maximum absolute atomic E-state index is 13.6. The number of carbonyl (C=O) groups excluding carboxylic acids is 2. The van der Waals surface area contributed by atoms with Crippen molar-refractivity contribution >= 4 is 22.7 Å². The van der Waals surface area contributed by atoms with Crippen LogP contribution in [0.15, 0.2) is 91.1 Å². The van der Waals surface area contributed by atoms with E-state index in [1.165, 1.54) is 24.3 Å². The number of halogens is 1. The summed E-state index contributed by atoms with van der Waals surface area (Å²) in [7, 11) is 1.75. The van der Waals surface area contributed by atoms with Gasteiger partial charge in [0.2, 0.25) is 5.91 Å². The minimum atomic E-state index is -1.09. The molecule has 2 amide bonds. The number of pyridine rings is 1. The van der Waals surface area contributed by atoms with Crippen molar-refractivity contribution in [3.05, 3.63) is 108 Å². The van der Waals surface area contributed by atoms with Gasteiger partial charge in [0.1, 0.15) is 23.8 Å². The highest BCUT2D eigenvalue weighted by Gasteiger charge is 2.42. The minimum absolute atomic E-state index is 0.0112. The number of hydrogen-bond donors (Lipinski definition) is 0. The topological polar surface area (TPSA) is 72.0 Å². The molecule has 0 N–H and O–H groups in total. The summed E-state index contributed by atoms with van der Waals surface area (Å²) in [4.78, 5) is 34.7. The quantitative estimate of drug-likeness (QED) is 0.332. The fourth-order valence-electron chi connectivity index (χ4n) is 4.74. The normalized spacial score (nSPS) is 17.1. The van der Waals surface area contributed by atoms with Gasteiger partial charge in [-0.15, -0.1) is 0 Å². The number of benzene rings is 3. The molecule has 3 aromatic carbocycles. The molecule has 1 aliphatic heterocycles. The van der Waals surface area contributed by atoms with E-state index in [0.717, 1.165) is 16.5 Å². The van der Waals surface area contributed by atoms with Crippen LogP contribution in [0.2, 0.25) is 0 Å². The van der Waals surface area contributed by atoms with Crippen LogP contribution >= 0.6 is 0 Å². The molecule has 0 bridgehead atoms. The lowest BCUT2D eigenvalue weighted by atomic mass is 9.96. The Kier molecular flexibility index (Phi) is 7.84. The van der Waals surface area contributed by atoms with E-state index < -0.39 is 5.60 Å². The number of para-hydroxylation sites is 1. The van der Waals surface area contributed by atoms with Crippen molar-refractivity contribution in [3.8, 4) is 5.75 Å². The van der Waals surface area contributed by atoms with Crippen molar-refractivity contribution in [1.82, 2.24) is 14.8 Å². The van der Waals surface area contributed by atoms with Gasteiger partial charge in [-0.25, -0.2) is 4.39 Å². The Hall–Kier alpha value is -4.30. The molecule has 1 saturated heterocycles. The van der Waals surface area contributed by atoms with Crippen LogP contribution in [0, 0.1) is 5.82 Å². The van der Waals surface area contributed by atoms with Gasteiger partial charge in [0.25, 0.3) is 5.91 Å². The van der Waals surface area contributed by atoms with Crippen molar-refractivity contribution in [2.75, 3.05) is 33.4 Å². The number of fused-ring (bicyclic) bond motifs is 1. The van der Waals surface area contributed by atoms with Crippen LogP contribution in [0.1, 0.15) is 22.3 Å². The zero-order valence-electron chi connectivity index (χ0n) is 21.8. The van der Waals surface area contributed by atoms with Crippen LogP contribution < -0.4 is 4.74 Å². The average Bonchev–Trinajstić information content (AvgIpc) is 2.97. The Morgan fingerprint density at radius 3 is 2.59 bits per heavy atom. The molecular weight excluding hydrogens is 497 g/mol. The molecule has 8 heteroatoms. The highest BCUT2D eigenvalue weighted by Crippen LogP contribution is 2.27. The van der Waals surface area contributed by atoms with Crippen LogP contribution in [0.4, 0.5) is 4.39 Å². The fourth-order valence-corrected chi connectivity index (χ4v) is 4.74.